The zero-order valence-corrected chi connectivity index (χ0v) is 8.82. The minimum absolute atomic E-state index is 0.141. The Labute approximate surface area is 88.3 Å². The predicted octanol–water partition coefficient (Wildman–Crippen LogP) is -0.0591. The normalized spacial score (nSPS) is 25.9. The van der Waals surface area contributed by atoms with Crippen molar-refractivity contribution in [3.05, 3.63) is 0 Å². The number of carbonyl (C=O) groups is 2. The minimum atomic E-state index is -0.461. The van der Waals surface area contributed by atoms with Gasteiger partial charge in [-0.1, -0.05) is 0 Å². The van der Waals surface area contributed by atoms with Crippen LogP contribution in [0.4, 0.5) is 0 Å². The lowest BCUT2D eigenvalue weighted by molar-refractivity contribution is -0.170. The van der Waals surface area contributed by atoms with Crippen molar-refractivity contribution in [1.82, 2.24) is 4.90 Å². The van der Waals surface area contributed by atoms with E-state index in [-0.39, 0.29) is 18.7 Å². The summed E-state index contributed by atoms with van der Waals surface area (Å²) < 4.78 is 9.90. The maximum atomic E-state index is 11.0. The highest BCUT2D eigenvalue weighted by atomic mass is 16.6. The lowest BCUT2D eigenvalue weighted by atomic mass is 9.79. The number of rotatable bonds is 3. The van der Waals surface area contributed by atoms with Gasteiger partial charge in [-0.15, -0.1) is 0 Å². The van der Waals surface area contributed by atoms with Crippen molar-refractivity contribution in [2.24, 2.45) is 0 Å². The fraction of sp³-hybridized carbons (Fsp3) is 0.800. The molecule has 0 aromatic carbocycles. The van der Waals surface area contributed by atoms with E-state index in [4.69, 9.17) is 4.74 Å². The zero-order chi connectivity index (χ0) is 10.9. The van der Waals surface area contributed by atoms with Crippen LogP contribution >= 0.6 is 0 Å². The molecule has 1 saturated heterocycles. The maximum Gasteiger partial charge on any atom is 0.327 e. The van der Waals surface area contributed by atoms with E-state index in [1.807, 2.05) is 0 Å². The number of nitrogens with zero attached hydrogens (tertiary/aromatic N) is 1. The standard InChI is InChI=1S/C10H15NO4/c1-14-10(3-2-4-10)7-11-5-8(12)15-9(13)6-11/h2-7H2,1H3. The number of cyclic esters (lactones) is 2. The average molecular weight is 213 g/mol. The van der Waals surface area contributed by atoms with Crippen LogP contribution in [0.1, 0.15) is 19.3 Å². The molecule has 0 aromatic heterocycles. The van der Waals surface area contributed by atoms with E-state index in [1.165, 1.54) is 0 Å². The molecular weight excluding hydrogens is 198 g/mol. The third-order valence-corrected chi connectivity index (χ3v) is 3.14. The van der Waals surface area contributed by atoms with Gasteiger partial charge in [0.25, 0.3) is 0 Å². The van der Waals surface area contributed by atoms with Gasteiger partial charge in [0.05, 0.1) is 18.7 Å². The molecule has 2 rings (SSSR count). The largest absolute Gasteiger partial charge is 0.391 e. The molecule has 84 valence electrons. The fourth-order valence-corrected chi connectivity index (χ4v) is 2.13. The van der Waals surface area contributed by atoms with E-state index in [0.717, 1.165) is 19.3 Å². The highest BCUT2D eigenvalue weighted by Crippen LogP contribution is 2.35. The molecule has 1 aliphatic heterocycles. The van der Waals surface area contributed by atoms with E-state index < -0.39 is 11.9 Å². The minimum Gasteiger partial charge on any atom is -0.391 e. The molecule has 0 N–H and O–H groups in total. The molecule has 0 atom stereocenters. The summed E-state index contributed by atoms with van der Waals surface area (Å²) in [4.78, 5) is 23.9. The summed E-state index contributed by atoms with van der Waals surface area (Å²) in [5.41, 5.74) is -0.141. The molecule has 0 bridgehead atoms. The van der Waals surface area contributed by atoms with Crippen LogP contribution in [0.3, 0.4) is 0 Å². The Balaban J connectivity index is 1.93. The van der Waals surface area contributed by atoms with Crippen molar-refractivity contribution in [1.29, 1.82) is 0 Å². The number of hydrogen-bond donors (Lipinski definition) is 0. The summed E-state index contributed by atoms with van der Waals surface area (Å²) in [7, 11) is 1.68. The van der Waals surface area contributed by atoms with Crippen LogP contribution in [0.25, 0.3) is 0 Å². The average Bonchev–Trinajstić information content (AvgIpc) is 2.10. The summed E-state index contributed by atoms with van der Waals surface area (Å²) in [6.45, 7) is 1.03. The van der Waals surface area contributed by atoms with Gasteiger partial charge < -0.3 is 9.47 Å². The summed E-state index contributed by atoms with van der Waals surface area (Å²) in [5, 5.41) is 0. The number of hydrogen-bond acceptors (Lipinski definition) is 5. The highest BCUT2D eigenvalue weighted by Gasteiger charge is 2.40. The molecule has 2 aliphatic rings. The first-order valence-electron chi connectivity index (χ1n) is 5.15. The number of carbonyl (C=O) groups excluding carboxylic acids is 2. The molecule has 0 aromatic rings. The summed E-state index contributed by atoms with van der Waals surface area (Å²) in [6.07, 6.45) is 3.16. The van der Waals surface area contributed by atoms with Gasteiger partial charge in [0.1, 0.15) is 0 Å². The second kappa shape index (κ2) is 3.90. The molecule has 1 heterocycles. The molecule has 2 fully saturated rings. The Morgan fingerprint density at radius 2 is 1.93 bits per heavy atom. The van der Waals surface area contributed by atoms with Gasteiger partial charge in [0.15, 0.2) is 0 Å². The van der Waals surface area contributed by atoms with Gasteiger partial charge in [0.2, 0.25) is 0 Å². The van der Waals surface area contributed by atoms with Gasteiger partial charge in [-0.3, -0.25) is 14.5 Å². The molecule has 0 radical (unpaired) electrons. The van der Waals surface area contributed by atoms with Crippen LogP contribution in [0.15, 0.2) is 0 Å². The van der Waals surface area contributed by atoms with Crippen molar-refractivity contribution in [2.45, 2.75) is 24.9 Å². The Bertz CT molecular complexity index is 264. The van der Waals surface area contributed by atoms with Crippen LogP contribution in [-0.4, -0.2) is 49.2 Å². The Morgan fingerprint density at radius 1 is 1.33 bits per heavy atom. The smallest absolute Gasteiger partial charge is 0.327 e. The lowest BCUT2D eigenvalue weighted by Crippen LogP contribution is -2.54. The van der Waals surface area contributed by atoms with Gasteiger partial charge in [0, 0.05) is 13.7 Å². The Kier molecular flexibility index (Phi) is 2.75. The van der Waals surface area contributed by atoms with E-state index in [2.05, 4.69) is 4.74 Å². The van der Waals surface area contributed by atoms with E-state index >= 15 is 0 Å². The number of methoxy groups -OCH3 is 1. The van der Waals surface area contributed by atoms with Crippen molar-refractivity contribution >= 4 is 11.9 Å². The monoisotopic (exact) mass is 213 g/mol. The van der Waals surface area contributed by atoms with Crippen LogP contribution in [0, 0.1) is 0 Å². The van der Waals surface area contributed by atoms with Gasteiger partial charge in [-0.25, -0.2) is 0 Å². The zero-order valence-electron chi connectivity index (χ0n) is 8.82. The van der Waals surface area contributed by atoms with Crippen molar-refractivity contribution in [3.63, 3.8) is 0 Å². The molecule has 0 spiro atoms. The molecule has 1 saturated carbocycles. The second-order valence-corrected chi connectivity index (χ2v) is 4.23. The Morgan fingerprint density at radius 3 is 2.33 bits per heavy atom. The molecule has 0 unspecified atom stereocenters. The molecule has 1 aliphatic carbocycles. The fourth-order valence-electron chi connectivity index (χ4n) is 2.13. The van der Waals surface area contributed by atoms with Crippen LogP contribution < -0.4 is 0 Å². The first-order valence-corrected chi connectivity index (χ1v) is 5.15. The lowest BCUT2D eigenvalue weighted by Gasteiger charge is -2.43. The summed E-state index contributed by atoms with van der Waals surface area (Å²) in [6, 6.07) is 0. The molecule has 15 heavy (non-hydrogen) atoms. The van der Waals surface area contributed by atoms with Crippen LogP contribution in [0.2, 0.25) is 0 Å². The third kappa shape index (κ3) is 2.18. The van der Waals surface area contributed by atoms with Gasteiger partial charge in [-0.2, -0.15) is 0 Å². The first-order chi connectivity index (χ1) is 7.13. The molecule has 5 nitrogen and oxygen atoms in total. The predicted molar refractivity (Wildman–Crippen MR) is 51.1 cm³/mol. The van der Waals surface area contributed by atoms with Crippen molar-refractivity contribution in [3.8, 4) is 0 Å². The maximum absolute atomic E-state index is 11.0. The SMILES string of the molecule is COC1(CN2CC(=O)OC(=O)C2)CCC1. The van der Waals surface area contributed by atoms with Crippen LogP contribution in [-0.2, 0) is 19.1 Å². The van der Waals surface area contributed by atoms with Crippen molar-refractivity contribution < 1.29 is 19.1 Å². The summed E-state index contributed by atoms with van der Waals surface area (Å²) in [5.74, 6) is -0.923. The summed E-state index contributed by atoms with van der Waals surface area (Å²) >= 11 is 0. The molecular formula is C10H15NO4. The highest BCUT2D eigenvalue weighted by molar-refractivity contribution is 5.90. The number of ether oxygens (including phenoxy) is 2. The Hall–Kier alpha value is -0.940. The quantitative estimate of drug-likeness (QED) is 0.485. The molecule has 5 heteroatoms. The second-order valence-electron chi connectivity index (χ2n) is 4.23. The molecule has 0 amide bonds. The van der Waals surface area contributed by atoms with Gasteiger partial charge >= 0.3 is 11.9 Å². The first kappa shape index (κ1) is 10.6. The van der Waals surface area contributed by atoms with Gasteiger partial charge in [-0.05, 0) is 19.3 Å². The van der Waals surface area contributed by atoms with Crippen molar-refractivity contribution in [2.75, 3.05) is 26.7 Å². The number of morpholine rings is 1. The third-order valence-electron chi connectivity index (χ3n) is 3.14. The van der Waals surface area contributed by atoms with E-state index in [0.29, 0.717) is 6.54 Å². The topological polar surface area (TPSA) is 55.8 Å². The van der Waals surface area contributed by atoms with E-state index in [9.17, 15) is 9.59 Å². The van der Waals surface area contributed by atoms with Crippen LogP contribution in [0.5, 0.6) is 0 Å². The van der Waals surface area contributed by atoms with E-state index in [1.54, 1.807) is 12.0 Å². The number of esters is 2.